The maximum atomic E-state index is 2.47. The van der Waals surface area contributed by atoms with E-state index in [4.69, 9.17) is 0 Å². The van der Waals surface area contributed by atoms with E-state index in [0.29, 0.717) is 11.2 Å². The van der Waals surface area contributed by atoms with Gasteiger partial charge in [-0.3, -0.25) is 0 Å². The Bertz CT molecular complexity index is 3440. The summed E-state index contributed by atoms with van der Waals surface area (Å²) in [6.45, 7) is 2.33. The van der Waals surface area contributed by atoms with E-state index in [2.05, 4.69) is 217 Å². The summed E-state index contributed by atoms with van der Waals surface area (Å²) >= 11 is 7.32. The number of hydrogen-bond donors (Lipinski definition) is 0. The zero-order chi connectivity index (χ0) is 41.9. The molecule has 0 amide bonds. The van der Waals surface area contributed by atoms with Gasteiger partial charge in [0.1, 0.15) is 0 Å². The molecule has 3 aromatic heterocycles. The van der Waals surface area contributed by atoms with E-state index in [-0.39, 0.29) is 0 Å². The number of rotatable bonds is 8. The highest BCUT2D eigenvalue weighted by Crippen LogP contribution is 2.55. The van der Waals surface area contributed by atoms with Gasteiger partial charge in [-0.1, -0.05) is 165 Å². The molecule has 0 radical (unpaired) electrons. The van der Waals surface area contributed by atoms with E-state index in [0.717, 1.165) is 0 Å². The highest BCUT2D eigenvalue weighted by Gasteiger charge is 2.28. The van der Waals surface area contributed by atoms with Crippen molar-refractivity contribution in [2.75, 3.05) is 0 Å². The van der Waals surface area contributed by atoms with Gasteiger partial charge < -0.3 is 0 Å². The van der Waals surface area contributed by atoms with Crippen LogP contribution in [0.15, 0.2) is 210 Å². The summed E-state index contributed by atoms with van der Waals surface area (Å²) in [5, 5.41) is 16.8. The first kappa shape index (κ1) is 38.4. The van der Waals surface area contributed by atoms with Gasteiger partial charge in [-0.2, -0.15) is 0 Å². The molecule has 11 aromatic rings. The van der Waals surface area contributed by atoms with Crippen molar-refractivity contribution in [1.29, 1.82) is 0 Å². The van der Waals surface area contributed by atoms with Gasteiger partial charge in [0.2, 0.25) is 0 Å². The maximum Gasteiger partial charge on any atom is 0.0398 e. The molecule has 2 unspecified atom stereocenters. The average molecular weight is 877 g/mol. The minimum absolute atomic E-state index is 0.421. The predicted molar refractivity (Wildman–Crippen MR) is 279 cm³/mol. The van der Waals surface area contributed by atoms with Crippen LogP contribution in [-0.2, 0) is 0 Å². The first-order valence-electron chi connectivity index (χ1n) is 21.5. The van der Waals surface area contributed by atoms with Crippen LogP contribution in [0.1, 0.15) is 17.7 Å². The van der Waals surface area contributed by atoms with Crippen molar-refractivity contribution >= 4 is 78.1 Å². The number of benzene rings is 8. The molecule has 63 heavy (non-hydrogen) atoms. The van der Waals surface area contributed by atoms with Crippen LogP contribution in [-0.4, -0.2) is 0 Å². The lowest BCUT2D eigenvalue weighted by atomic mass is 9.77. The fourth-order valence-corrected chi connectivity index (χ4v) is 13.1. The molecular formula is C59H40S4. The summed E-state index contributed by atoms with van der Waals surface area (Å²) in [4.78, 5) is 3.82. The third-order valence-electron chi connectivity index (χ3n) is 12.7. The molecule has 0 bridgehead atoms. The van der Waals surface area contributed by atoms with Gasteiger partial charge in [0.25, 0.3) is 0 Å². The second-order valence-corrected chi connectivity index (χ2v) is 20.3. The van der Waals surface area contributed by atoms with Gasteiger partial charge in [-0.15, -0.1) is 45.8 Å². The highest BCUT2D eigenvalue weighted by molar-refractivity contribution is 8.02. The van der Waals surface area contributed by atoms with E-state index in [1.54, 1.807) is 34.0 Å². The molecule has 0 spiro atoms. The van der Waals surface area contributed by atoms with Gasteiger partial charge in [-0.05, 0) is 157 Å². The Labute approximate surface area is 384 Å². The van der Waals surface area contributed by atoms with Gasteiger partial charge in [0.15, 0.2) is 0 Å². The van der Waals surface area contributed by atoms with Crippen LogP contribution in [0.4, 0.5) is 0 Å². The molecule has 1 aliphatic rings. The summed E-state index contributed by atoms with van der Waals surface area (Å²) in [5.41, 5.74) is 15.0. The fraction of sp³-hybridized carbons (Fsp3) is 0.0508. The Morgan fingerprint density at radius 1 is 0.349 bits per heavy atom. The smallest absolute Gasteiger partial charge is 0.0398 e. The second-order valence-electron chi connectivity index (χ2n) is 16.4. The molecule has 12 rings (SSSR count). The molecule has 8 aromatic carbocycles. The average Bonchev–Trinajstić information content (AvgIpc) is 4.21. The predicted octanol–water partition coefficient (Wildman–Crippen LogP) is 18.9. The van der Waals surface area contributed by atoms with Gasteiger partial charge in [0.05, 0.1) is 0 Å². The van der Waals surface area contributed by atoms with Crippen molar-refractivity contribution in [3.63, 3.8) is 0 Å². The van der Waals surface area contributed by atoms with E-state index in [9.17, 15) is 0 Å². The Morgan fingerprint density at radius 3 is 1.17 bits per heavy atom. The number of hydrogen-bond acceptors (Lipinski definition) is 4. The highest BCUT2D eigenvalue weighted by atomic mass is 32.2. The van der Waals surface area contributed by atoms with Crippen molar-refractivity contribution in [3.05, 3.63) is 215 Å². The van der Waals surface area contributed by atoms with Crippen LogP contribution >= 0.6 is 45.8 Å². The Balaban J connectivity index is 1.31. The zero-order valence-electron chi connectivity index (χ0n) is 34.5. The minimum atomic E-state index is 0.421. The zero-order valence-corrected chi connectivity index (χ0v) is 37.8. The van der Waals surface area contributed by atoms with Crippen molar-refractivity contribution in [2.45, 2.75) is 12.2 Å². The van der Waals surface area contributed by atoms with Crippen molar-refractivity contribution in [2.24, 2.45) is 5.92 Å². The van der Waals surface area contributed by atoms with Gasteiger partial charge in [-0.25, -0.2) is 0 Å². The van der Waals surface area contributed by atoms with Crippen molar-refractivity contribution in [1.82, 2.24) is 0 Å². The summed E-state index contributed by atoms with van der Waals surface area (Å²) in [7, 11) is 0. The molecule has 4 heterocycles. The summed E-state index contributed by atoms with van der Waals surface area (Å²) in [6, 6.07) is 68.9. The number of fused-ring (bicyclic) bond motifs is 3. The molecule has 0 N–H and O–H groups in total. The molecular weight excluding hydrogens is 837 g/mol. The van der Waals surface area contributed by atoms with Crippen LogP contribution in [0.25, 0.3) is 108 Å². The molecule has 0 saturated carbocycles. The lowest BCUT2D eigenvalue weighted by Crippen LogP contribution is -2.00. The van der Waals surface area contributed by atoms with Crippen molar-refractivity contribution < 1.29 is 0 Å². The monoisotopic (exact) mass is 876 g/mol. The normalized spacial score (nSPS) is 14.9. The maximum absolute atomic E-state index is 2.47. The van der Waals surface area contributed by atoms with Crippen molar-refractivity contribution in [3.8, 4) is 75.8 Å². The molecule has 0 saturated heterocycles. The molecule has 0 nitrogen and oxygen atoms in total. The van der Waals surface area contributed by atoms with Crippen LogP contribution in [0, 0.1) is 5.92 Å². The van der Waals surface area contributed by atoms with Gasteiger partial charge >= 0.3 is 0 Å². The molecule has 1 aliphatic heterocycles. The lowest BCUT2D eigenvalue weighted by molar-refractivity contribution is 0.719. The molecule has 2 atom stereocenters. The fourth-order valence-electron chi connectivity index (χ4n) is 9.77. The third-order valence-corrected chi connectivity index (χ3v) is 16.8. The molecule has 4 heteroatoms. The number of thiophene rings is 3. The van der Waals surface area contributed by atoms with E-state index < -0.39 is 0 Å². The second kappa shape index (κ2) is 16.1. The summed E-state index contributed by atoms with van der Waals surface area (Å²) in [6.07, 6.45) is 2.34. The number of thioether (sulfide) groups is 1. The first-order chi connectivity index (χ1) is 31.2. The van der Waals surface area contributed by atoms with Gasteiger partial charge in [0, 0.05) is 19.9 Å². The van der Waals surface area contributed by atoms with Crippen LogP contribution in [0.2, 0.25) is 0 Å². The van der Waals surface area contributed by atoms with Crippen LogP contribution in [0.5, 0.6) is 0 Å². The quantitative estimate of drug-likeness (QED) is 0.137. The van der Waals surface area contributed by atoms with E-state index in [1.807, 2.05) is 11.8 Å². The third kappa shape index (κ3) is 6.72. The Hall–Kier alpha value is -6.27. The SMILES string of the molecule is CC1C=CSC1c1ccc(-c2c3ccc(-c4cccs4)cc3c(-c3ccccc3)c3c(-c4ccc(-c5cccs5)cc4)c4ccc(-c5cccs5)cc4c(-c4ccccc4)c23)cc1. The first-order valence-corrected chi connectivity index (χ1v) is 25.0. The molecule has 0 fully saturated rings. The Kier molecular flexibility index (Phi) is 9.83. The minimum Gasteiger partial charge on any atom is -0.144 e. The topological polar surface area (TPSA) is 0 Å². The Morgan fingerprint density at radius 2 is 0.746 bits per heavy atom. The van der Waals surface area contributed by atoms with E-state index >= 15 is 0 Å². The lowest BCUT2D eigenvalue weighted by Gasteiger charge is -2.26. The number of allylic oxidation sites excluding steroid dienone is 1. The van der Waals surface area contributed by atoms with E-state index in [1.165, 1.54) is 114 Å². The summed E-state index contributed by atoms with van der Waals surface area (Å²) < 4.78 is 0. The molecule has 300 valence electrons. The molecule has 0 aliphatic carbocycles. The summed E-state index contributed by atoms with van der Waals surface area (Å²) in [5.74, 6) is 0.491. The van der Waals surface area contributed by atoms with Crippen LogP contribution in [0.3, 0.4) is 0 Å². The van der Waals surface area contributed by atoms with Crippen LogP contribution < -0.4 is 0 Å². The standard InChI is InChI=1S/C59H40S4/c1-37-30-34-63-59(37)43-24-22-42(23-25-43)54-47-29-27-45(52-17-10-33-62-52)36-49(47)55(39-11-4-2-5-12-39)57-53(41-20-18-38(19-21-41)50-15-8-31-60-50)46-28-26-44(51-16-9-32-61-51)35-48(46)56(58(54)57)40-13-6-3-7-14-40/h2-37,59H,1H3. The largest absolute Gasteiger partial charge is 0.144 e.